The minimum Gasteiger partial charge on any atom is -0.481 e. The molecule has 0 fully saturated rings. The summed E-state index contributed by atoms with van der Waals surface area (Å²) < 4.78 is 5.12. The second-order valence-corrected chi connectivity index (χ2v) is 4.64. The number of methoxy groups -OCH3 is 1. The highest BCUT2D eigenvalue weighted by Gasteiger charge is 2.04. The lowest BCUT2D eigenvalue weighted by molar-refractivity contribution is 0.395. The maximum atomic E-state index is 5.12. The monoisotopic (exact) mass is 256 g/mol. The quantitative estimate of drug-likeness (QED) is 0.863. The molecule has 0 amide bonds. The molecule has 1 atom stereocenters. The zero-order valence-corrected chi connectivity index (χ0v) is 11.5. The van der Waals surface area contributed by atoms with Gasteiger partial charge in [0.05, 0.1) is 12.8 Å². The summed E-state index contributed by atoms with van der Waals surface area (Å²) in [5.41, 5.74) is 2.35. The maximum Gasteiger partial charge on any atom is 0.213 e. The molecular formula is C16H20N2O. The second kappa shape index (κ2) is 6.90. The van der Waals surface area contributed by atoms with E-state index in [1.54, 1.807) is 7.11 Å². The van der Waals surface area contributed by atoms with Crippen LogP contribution in [0.2, 0.25) is 0 Å². The van der Waals surface area contributed by atoms with Crippen LogP contribution in [-0.2, 0) is 13.0 Å². The first-order chi connectivity index (χ1) is 9.28. The van der Waals surface area contributed by atoms with Crippen LogP contribution in [0.5, 0.6) is 5.88 Å². The molecule has 1 N–H and O–H groups in total. The molecule has 0 saturated heterocycles. The number of hydrogen-bond donors (Lipinski definition) is 1. The molecule has 1 unspecified atom stereocenters. The van der Waals surface area contributed by atoms with Crippen molar-refractivity contribution in [1.82, 2.24) is 10.3 Å². The van der Waals surface area contributed by atoms with Crippen molar-refractivity contribution in [2.45, 2.75) is 25.9 Å². The summed E-state index contributed by atoms with van der Waals surface area (Å²) in [5, 5.41) is 3.48. The number of pyridine rings is 1. The summed E-state index contributed by atoms with van der Waals surface area (Å²) in [5.74, 6) is 0.662. The van der Waals surface area contributed by atoms with E-state index < -0.39 is 0 Å². The molecule has 0 saturated carbocycles. The van der Waals surface area contributed by atoms with Crippen LogP contribution in [0.4, 0.5) is 0 Å². The number of ether oxygens (including phenoxy) is 1. The highest BCUT2D eigenvalue weighted by Crippen LogP contribution is 2.07. The van der Waals surface area contributed by atoms with E-state index in [9.17, 15) is 0 Å². The topological polar surface area (TPSA) is 34.1 Å². The Balaban J connectivity index is 1.84. The van der Waals surface area contributed by atoms with Gasteiger partial charge in [0.25, 0.3) is 0 Å². The Morgan fingerprint density at radius 3 is 2.63 bits per heavy atom. The molecule has 0 spiro atoms. The van der Waals surface area contributed by atoms with Crippen molar-refractivity contribution in [3.8, 4) is 5.88 Å². The van der Waals surface area contributed by atoms with Crippen LogP contribution in [0.3, 0.4) is 0 Å². The van der Waals surface area contributed by atoms with Crippen LogP contribution >= 0.6 is 0 Å². The van der Waals surface area contributed by atoms with Gasteiger partial charge in [0.15, 0.2) is 0 Å². The van der Waals surface area contributed by atoms with Crippen LogP contribution < -0.4 is 10.1 Å². The van der Waals surface area contributed by atoms with E-state index in [0.29, 0.717) is 11.9 Å². The molecule has 1 heterocycles. The molecule has 0 radical (unpaired) electrons. The number of nitrogens with one attached hydrogen (secondary N) is 1. The van der Waals surface area contributed by atoms with E-state index in [0.717, 1.165) is 18.7 Å². The predicted octanol–water partition coefficient (Wildman–Crippen LogP) is 2.81. The predicted molar refractivity (Wildman–Crippen MR) is 77.2 cm³/mol. The highest BCUT2D eigenvalue weighted by atomic mass is 16.5. The summed E-state index contributed by atoms with van der Waals surface area (Å²) in [7, 11) is 1.64. The van der Waals surface area contributed by atoms with Crippen LogP contribution in [0.25, 0.3) is 0 Å². The third-order valence-corrected chi connectivity index (χ3v) is 3.01. The van der Waals surface area contributed by atoms with Crippen LogP contribution in [0.15, 0.2) is 48.5 Å². The van der Waals surface area contributed by atoms with E-state index in [2.05, 4.69) is 41.5 Å². The van der Waals surface area contributed by atoms with E-state index in [-0.39, 0.29) is 0 Å². The average molecular weight is 256 g/mol. The van der Waals surface area contributed by atoms with Crippen molar-refractivity contribution in [1.29, 1.82) is 0 Å². The number of hydrogen-bond acceptors (Lipinski definition) is 3. The molecular weight excluding hydrogens is 236 g/mol. The van der Waals surface area contributed by atoms with Gasteiger partial charge in [-0.25, -0.2) is 4.98 Å². The van der Waals surface area contributed by atoms with Gasteiger partial charge >= 0.3 is 0 Å². The average Bonchev–Trinajstić information content (AvgIpc) is 2.46. The van der Waals surface area contributed by atoms with E-state index in [1.807, 2.05) is 24.3 Å². The molecule has 3 nitrogen and oxygen atoms in total. The van der Waals surface area contributed by atoms with E-state index in [4.69, 9.17) is 4.74 Å². The maximum absolute atomic E-state index is 5.12. The first-order valence-corrected chi connectivity index (χ1v) is 6.55. The van der Waals surface area contributed by atoms with Gasteiger partial charge in [-0.3, -0.25) is 0 Å². The van der Waals surface area contributed by atoms with Gasteiger partial charge in [-0.15, -0.1) is 0 Å². The lowest BCUT2D eigenvalue weighted by Crippen LogP contribution is -2.27. The molecule has 100 valence electrons. The zero-order valence-electron chi connectivity index (χ0n) is 11.5. The van der Waals surface area contributed by atoms with Crippen LogP contribution in [0, 0.1) is 0 Å². The molecule has 1 aromatic carbocycles. The molecule has 2 aromatic rings. The second-order valence-electron chi connectivity index (χ2n) is 4.64. The van der Waals surface area contributed by atoms with Gasteiger partial charge in [-0.1, -0.05) is 36.4 Å². The number of benzene rings is 1. The molecule has 0 aliphatic heterocycles. The SMILES string of the molecule is COc1cccc(CNC(C)Cc2ccccc2)n1. The Labute approximate surface area is 114 Å². The Bertz CT molecular complexity index is 499. The van der Waals surface area contributed by atoms with Gasteiger partial charge in [-0.05, 0) is 25.0 Å². The lowest BCUT2D eigenvalue weighted by atomic mass is 10.1. The Hall–Kier alpha value is -1.87. The molecule has 2 rings (SSSR count). The van der Waals surface area contributed by atoms with Gasteiger partial charge in [-0.2, -0.15) is 0 Å². The smallest absolute Gasteiger partial charge is 0.213 e. The molecule has 0 aliphatic carbocycles. The van der Waals surface area contributed by atoms with Crippen molar-refractivity contribution in [2.75, 3.05) is 7.11 Å². The summed E-state index contributed by atoms with van der Waals surface area (Å²) >= 11 is 0. The summed E-state index contributed by atoms with van der Waals surface area (Å²) in [6.07, 6.45) is 1.02. The summed E-state index contributed by atoms with van der Waals surface area (Å²) in [6.45, 7) is 2.94. The Kier molecular flexibility index (Phi) is 4.93. The molecule has 0 aliphatic rings. The summed E-state index contributed by atoms with van der Waals surface area (Å²) in [6, 6.07) is 16.7. The van der Waals surface area contributed by atoms with E-state index in [1.165, 1.54) is 5.56 Å². The minimum absolute atomic E-state index is 0.412. The molecule has 1 aromatic heterocycles. The molecule has 0 bridgehead atoms. The first-order valence-electron chi connectivity index (χ1n) is 6.55. The number of rotatable bonds is 6. The lowest BCUT2D eigenvalue weighted by Gasteiger charge is -2.13. The van der Waals surface area contributed by atoms with Gasteiger partial charge in [0.1, 0.15) is 0 Å². The zero-order chi connectivity index (χ0) is 13.5. The van der Waals surface area contributed by atoms with Gasteiger partial charge in [0.2, 0.25) is 5.88 Å². The third-order valence-electron chi connectivity index (χ3n) is 3.01. The van der Waals surface area contributed by atoms with Crippen molar-refractivity contribution in [3.63, 3.8) is 0 Å². The number of nitrogens with zero attached hydrogens (tertiary/aromatic N) is 1. The minimum atomic E-state index is 0.412. The van der Waals surface area contributed by atoms with Crippen molar-refractivity contribution in [2.24, 2.45) is 0 Å². The van der Waals surface area contributed by atoms with Crippen molar-refractivity contribution in [3.05, 3.63) is 59.8 Å². The van der Waals surface area contributed by atoms with Crippen LogP contribution in [-0.4, -0.2) is 18.1 Å². The first kappa shape index (κ1) is 13.6. The van der Waals surface area contributed by atoms with Crippen LogP contribution in [0.1, 0.15) is 18.2 Å². The third kappa shape index (κ3) is 4.38. The summed E-state index contributed by atoms with van der Waals surface area (Å²) in [4.78, 5) is 4.39. The Morgan fingerprint density at radius 2 is 1.89 bits per heavy atom. The fourth-order valence-electron chi connectivity index (χ4n) is 1.99. The Morgan fingerprint density at radius 1 is 1.11 bits per heavy atom. The largest absolute Gasteiger partial charge is 0.481 e. The van der Waals surface area contributed by atoms with Gasteiger partial charge in [0, 0.05) is 18.7 Å². The van der Waals surface area contributed by atoms with Crippen molar-refractivity contribution >= 4 is 0 Å². The number of aromatic nitrogens is 1. The fraction of sp³-hybridized carbons (Fsp3) is 0.312. The standard InChI is InChI=1S/C16H20N2O/c1-13(11-14-7-4-3-5-8-14)17-12-15-9-6-10-16(18-15)19-2/h3-10,13,17H,11-12H2,1-2H3. The van der Waals surface area contributed by atoms with E-state index >= 15 is 0 Å². The highest BCUT2D eigenvalue weighted by molar-refractivity contribution is 5.17. The molecule has 3 heteroatoms. The normalized spacial score (nSPS) is 12.1. The van der Waals surface area contributed by atoms with Crippen molar-refractivity contribution < 1.29 is 4.74 Å². The van der Waals surface area contributed by atoms with Gasteiger partial charge < -0.3 is 10.1 Å². The molecule has 19 heavy (non-hydrogen) atoms. The fourth-order valence-corrected chi connectivity index (χ4v) is 1.99.